The number of fused-ring (bicyclic) bond motifs is 1. The number of hydrogen-bond donors (Lipinski definition) is 1. The molecular weight excluding hydrogens is 388 g/mol. The van der Waals surface area contributed by atoms with Gasteiger partial charge in [-0.2, -0.15) is 5.26 Å². The number of allylic oxidation sites excluding steroid dienone is 2. The van der Waals surface area contributed by atoms with E-state index in [1.165, 1.54) is 18.4 Å². The number of nitriles is 1. The Hall–Kier alpha value is -3.57. The van der Waals surface area contributed by atoms with Gasteiger partial charge in [-0.15, -0.1) is 11.3 Å². The highest BCUT2D eigenvalue weighted by Crippen LogP contribution is 2.42. The fourth-order valence-corrected chi connectivity index (χ4v) is 4.52. The van der Waals surface area contributed by atoms with Crippen molar-refractivity contribution >= 4 is 28.3 Å². The highest BCUT2D eigenvalue weighted by molar-refractivity contribution is 7.10. The lowest BCUT2D eigenvalue weighted by Gasteiger charge is -2.25. The Balaban J connectivity index is 1.72. The maximum absolute atomic E-state index is 12.4. The zero-order valence-corrected chi connectivity index (χ0v) is 16.7. The lowest BCUT2D eigenvalue weighted by atomic mass is 9.87. The van der Waals surface area contributed by atoms with Crippen LogP contribution in [0.25, 0.3) is 11.0 Å². The van der Waals surface area contributed by atoms with Crippen LogP contribution >= 0.6 is 11.3 Å². The molecule has 1 atom stereocenters. The molecule has 0 unspecified atom stereocenters. The molecule has 2 aromatic heterocycles. The summed E-state index contributed by atoms with van der Waals surface area (Å²) in [7, 11) is 1.30. The molecule has 1 aliphatic rings. The molecule has 1 aliphatic heterocycles. The van der Waals surface area contributed by atoms with Crippen molar-refractivity contribution in [2.45, 2.75) is 19.4 Å². The molecule has 0 saturated heterocycles. The number of carbonyl (C=O) groups is 1. The molecule has 4 rings (SSSR count). The average molecular weight is 406 g/mol. The van der Waals surface area contributed by atoms with E-state index in [0.29, 0.717) is 17.9 Å². The number of methoxy groups -OCH3 is 1. The number of aromatic nitrogens is 2. The van der Waals surface area contributed by atoms with Gasteiger partial charge in [0.15, 0.2) is 0 Å². The molecule has 2 N–H and O–H groups in total. The summed E-state index contributed by atoms with van der Waals surface area (Å²) < 4.78 is 12.4. The fourth-order valence-electron chi connectivity index (χ4n) is 3.50. The lowest BCUT2D eigenvalue weighted by Crippen LogP contribution is -2.24. The zero-order chi connectivity index (χ0) is 20.5. The molecule has 3 aromatic rings. The lowest BCUT2D eigenvalue weighted by molar-refractivity contribution is -0.136. The van der Waals surface area contributed by atoms with Crippen LogP contribution < -0.4 is 5.73 Å². The van der Waals surface area contributed by atoms with Crippen molar-refractivity contribution in [3.8, 4) is 6.07 Å². The van der Waals surface area contributed by atoms with Crippen molar-refractivity contribution < 1.29 is 14.3 Å². The number of nitrogens with zero attached hydrogens (tertiary/aromatic N) is 3. The Morgan fingerprint density at radius 3 is 3.00 bits per heavy atom. The van der Waals surface area contributed by atoms with E-state index < -0.39 is 11.9 Å². The Morgan fingerprint density at radius 2 is 2.24 bits per heavy atom. The van der Waals surface area contributed by atoms with Gasteiger partial charge in [0, 0.05) is 11.4 Å². The van der Waals surface area contributed by atoms with Crippen molar-refractivity contribution in [2.24, 2.45) is 5.73 Å². The highest BCUT2D eigenvalue weighted by Gasteiger charge is 2.36. The van der Waals surface area contributed by atoms with Crippen LogP contribution in [-0.4, -0.2) is 22.6 Å². The van der Waals surface area contributed by atoms with Gasteiger partial charge in [-0.05, 0) is 36.1 Å². The normalized spacial score (nSPS) is 16.7. The topological polar surface area (TPSA) is 103 Å². The van der Waals surface area contributed by atoms with Gasteiger partial charge in [0.05, 0.1) is 36.0 Å². The Kier molecular flexibility index (Phi) is 4.82. The number of nitrogens with two attached hydrogens (primary N) is 1. The second-order valence-electron chi connectivity index (χ2n) is 6.60. The van der Waals surface area contributed by atoms with E-state index in [-0.39, 0.29) is 11.5 Å². The van der Waals surface area contributed by atoms with Crippen LogP contribution in [0.15, 0.2) is 64.8 Å². The first-order valence-electron chi connectivity index (χ1n) is 8.87. The van der Waals surface area contributed by atoms with Crippen molar-refractivity contribution in [2.75, 3.05) is 7.11 Å². The van der Waals surface area contributed by atoms with Crippen LogP contribution in [0.2, 0.25) is 0 Å². The predicted molar refractivity (Wildman–Crippen MR) is 109 cm³/mol. The smallest absolute Gasteiger partial charge is 0.338 e. The number of thiophene rings is 1. The van der Waals surface area contributed by atoms with Gasteiger partial charge in [0.2, 0.25) is 5.88 Å². The van der Waals surface area contributed by atoms with Gasteiger partial charge in [-0.1, -0.05) is 12.1 Å². The summed E-state index contributed by atoms with van der Waals surface area (Å²) in [6.45, 7) is 2.27. The molecule has 0 fully saturated rings. The van der Waals surface area contributed by atoms with Crippen molar-refractivity contribution in [3.05, 3.63) is 75.3 Å². The van der Waals surface area contributed by atoms with Gasteiger partial charge in [-0.25, -0.2) is 9.78 Å². The highest BCUT2D eigenvalue weighted by atomic mass is 32.1. The molecule has 0 amide bonds. The van der Waals surface area contributed by atoms with E-state index in [4.69, 9.17) is 15.2 Å². The fraction of sp³-hybridized carbons (Fsp3) is 0.190. The summed E-state index contributed by atoms with van der Waals surface area (Å²) in [6.07, 6.45) is 1.80. The van der Waals surface area contributed by atoms with Crippen molar-refractivity contribution in [3.63, 3.8) is 0 Å². The summed E-state index contributed by atoms with van der Waals surface area (Å²) >= 11 is 1.47. The predicted octanol–water partition coefficient (Wildman–Crippen LogP) is 3.40. The third kappa shape index (κ3) is 3.26. The number of rotatable bonds is 4. The largest absolute Gasteiger partial charge is 0.466 e. The first-order valence-corrected chi connectivity index (χ1v) is 9.75. The molecule has 0 saturated carbocycles. The average Bonchev–Trinajstić information content (AvgIpc) is 3.35. The first-order chi connectivity index (χ1) is 14.0. The summed E-state index contributed by atoms with van der Waals surface area (Å²) in [5, 5.41) is 11.6. The van der Waals surface area contributed by atoms with Crippen molar-refractivity contribution in [1.29, 1.82) is 5.26 Å². The van der Waals surface area contributed by atoms with E-state index in [2.05, 4.69) is 15.6 Å². The molecule has 29 heavy (non-hydrogen) atoms. The van der Waals surface area contributed by atoms with Gasteiger partial charge >= 0.3 is 5.97 Å². The zero-order valence-electron chi connectivity index (χ0n) is 15.9. The molecule has 8 heteroatoms. The van der Waals surface area contributed by atoms with Gasteiger partial charge in [0.1, 0.15) is 17.4 Å². The molecule has 0 radical (unpaired) electrons. The van der Waals surface area contributed by atoms with Gasteiger partial charge in [0.25, 0.3) is 0 Å². The minimum absolute atomic E-state index is 0.0122. The summed E-state index contributed by atoms with van der Waals surface area (Å²) in [5.41, 5.74) is 9.44. The number of hydrogen-bond acceptors (Lipinski definition) is 7. The molecule has 0 aliphatic carbocycles. The Morgan fingerprint density at radius 1 is 1.45 bits per heavy atom. The van der Waals surface area contributed by atoms with Gasteiger partial charge in [-0.3, -0.25) is 0 Å². The standard InChI is InChI=1S/C21H18N4O3S/c1-12-18(21(26)27-2)19(14(8-22)20(23)28-12)17-7-13(10-29-17)9-25-11-24-15-5-3-4-6-16(15)25/h3-7,10-11,19H,9,23H2,1-2H3/t19-/m1/s1. The SMILES string of the molecule is COC(=O)C1=C(C)OC(N)=C(C#N)[C@@H]1c1cc(Cn2cnc3ccccc32)cs1. The summed E-state index contributed by atoms with van der Waals surface area (Å²) in [6, 6.07) is 12.0. The van der Waals surface area contributed by atoms with Crippen LogP contribution in [0, 0.1) is 11.3 Å². The van der Waals surface area contributed by atoms with Crippen LogP contribution in [0.3, 0.4) is 0 Å². The van der Waals surface area contributed by atoms with E-state index in [9.17, 15) is 10.1 Å². The molecule has 3 heterocycles. The number of esters is 1. The summed E-state index contributed by atoms with van der Waals surface area (Å²) in [5.74, 6) is -0.796. The quantitative estimate of drug-likeness (QED) is 0.666. The number of imidazole rings is 1. The first kappa shape index (κ1) is 18.8. The second-order valence-corrected chi connectivity index (χ2v) is 7.55. The number of carbonyl (C=O) groups excluding carboxylic acids is 1. The van der Waals surface area contributed by atoms with E-state index in [0.717, 1.165) is 21.5 Å². The Bertz CT molecular complexity index is 1210. The third-order valence-electron chi connectivity index (χ3n) is 4.85. The van der Waals surface area contributed by atoms with E-state index in [1.807, 2.05) is 35.7 Å². The van der Waals surface area contributed by atoms with Crippen LogP contribution in [0.5, 0.6) is 0 Å². The van der Waals surface area contributed by atoms with Crippen LogP contribution in [0.1, 0.15) is 23.3 Å². The van der Waals surface area contributed by atoms with E-state index >= 15 is 0 Å². The number of para-hydroxylation sites is 2. The number of ether oxygens (including phenoxy) is 2. The minimum Gasteiger partial charge on any atom is -0.466 e. The molecule has 1 aromatic carbocycles. The maximum Gasteiger partial charge on any atom is 0.338 e. The minimum atomic E-state index is -0.612. The van der Waals surface area contributed by atoms with Crippen LogP contribution in [0.4, 0.5) is 0 Å². The van der Waals surface area contributed by atoms with Crippen molar-refractivity contribution in [1.82, 2.24) is 9.55 Å². The molecule has 146 valence electrons. The molecular formula is C21H18N4O3S. The molecule has 0 bridgehead atoms. The monoisotopic (exact) mass is 406 g/mol. The maximum atomic E-state index is 12.4. The third-order valence-corrected chi connectivity index (χ3v) is 5.90. The van der Waals surface area contributed by atoms with Gasteiger partial charge < -0.3 is 19.8 Å². The molecule has 0 spiro atoms. The summed E-state index contributed by atoms with van der Waals surface area (Å²) in [4.78, 5) is 17.6. The number of benzene rings is 1. The van der Waals surface area contributed by atoms with E-state index in [1.54, 1.807) is 13.3 Å². The molecule has 7 nitrogen and oxygen atoms in total. The Labute approximate surface area is 171 Å². The van der Waals surface area contributed by atoms with Crippen LogP contribution in [-0.2, 0) is 20.8 Å². The second kappa shape index (κ2) is 7.45.